The van der Waals surface area contributed by atoms with Crippen LogP contribution in [0.3, 0.4) is 0 Å². The molecule has 0 saturated carbocycles. The van der Waals surface area contributed by atoms with Crippen LogP contribution in [0.2, 0.25) is 0 Å². The lowest BCUT2D eigenvalue weighted by molar-refractivity contribution is -0.160. The molecule has 0 atom stereocenters. The number of rotatable bonds is 20. The molecule has 0 aliphatic carbocycles. The summed E-state index contributed by atoms with van der Waals surface area (Å²) in [5, 5.41) is 36.5. The van der Waals surface area contributed by atoms with Crippen LogP contribution in [0.15, 0.2) is 0 Å². The highest BCUT2D eigenvalue weighted by Crippen LogP contribution is 2.04. The monoisotopic (exact) mass is 532 g/mol. The maximum absolute atomic E-state index is 12.6. The summed E-state index contributed by atoms with van der Waals surface area (Å²) >= 11 is 0. The minimum absolute atomic E-state index is 0.0123. The van der Waals surface area contributed by atoms with Crippen LogP contribution in [0.1, 0.15) is 57.8 Å². The van der Waals surface area contributed by atoms with E-state index < -0.39 is 31.2 Å². The van der Waals surface area contributed by atoms with Gasteiger partial charge in [-0.15, -0.1) is 0 Å². The number of carbonyl (C=O) groups excluding carboxylic acids is 6. The quantitative estimate of drug-likeness (QED) is 0.0382. The second-order valence-corrected chi connectivity index (χ2v) is 8.07. The predicted molar refractivity (Wildman–Crippen MR) is 129 cm³/mol. The molecule has 37 heavy (non-hydrogen) atoms. The first kappa shape index (κ1) is 33.7. The number of carbonyl (C=O) groups is 6. The van der Waals surface area contributed by atoms with Gasteiger partial charge in [-0.25, -0.2) is 5.06 Å². The highest BCUT2D eigenvalue weighted by Gasteiger charge is 2.16. The molecule has 15 heteroatoms. The Morgan fingerprint density at radius 1 is 0.568 bits per heavy atom. The Morgan fingerprint density at radius 3 is 1.43 bits per heavy atom. The molecule has 0 unspecified atom stereocenters. The van der Waals surface area contributed by atoms with Crippen molar-refractivity contribution >= 4 is 35.4 Å². The average molecular weight is 533 g/mol. The Labute approximate surface area is 215 Å². The van der Waals surface area contributed by atoms with Crippen LogP contribution >= 0.6 is 0 Å². The summed E-state index contributed by atoms with van der Waals surface area (Å²) in [4.78, 5) is 71.9. The molecule has 0 aromatic heterocycles. The fourth-order valence-corrected chi connectivity index (χ4v) is 3.03. The topological polar surface area (TPSA) is 218 Å². The van der Waals surface area contributed by atoms with E-state index >= 15 is 0 Å². The largest absolute Gasteiger partial charge is 0.377 e. The Morgan fingerprint density at radius 2 is 0.973 bits per heavy atom. The molecule has 0 fully saturated rings. The van der Waals surface area contributed by atoms with Crippen molar-refractivity contribution in [1.29, 1.82) is 0 Å². The number of nitrogens with zero attached hydrogens (tertiary/aromatic N) is 2. The third-order valence-electron chi connectivity index (χ3n) is 5.08. The molecule has 0 heterocycles. The number of aliphatic hydroxyl groups excluding tert-OH is 2. The fraction of sp³-hybridized carbons (Fsp3) is 0.727. The van der Waals surface area contributed by atoms with E-state index in [9.17, 15) is 28.8 Å². The van der Waals surface area contributed by atoms with E-state index in [0.29, 0.717) is 44.0 Å². The molecular weight excluding hydrogens is 492 g/mol. The zero-order valence-corrected chi connectivity index (χ0v) is 21.3. The summed E-state index contributed by atoms with van der Waals surface area (Å²) in [6.07, 6.45) is 1.14. The van der Waals surface area contributed by atoms with Crippen LogP contribution in [0.5, 0.6) is 0 Å². The highest BCUT2D eigenvalue weighted by atomic mass is 16.5. The van der Waals surface area contributed by atoms with Crippen molar-refractivity contribution in [2.24, 2.45) is 0 Å². The smallest absolute Gasteiger partial charge is 0.246 e. The van der Waals surface area contributed by atoms with Crippen LogP contribution in [0.25, 0.3) is 0 Å². The van der Waals surface area contributed by atoms with E-state index in [1.165, 1.54) is 7.05 Å². The highest BCUT2D eigenvalue weighted by molar-refractivity contribution is 5.84. The molecule has 0 bridgehead atoms. The minimum Gasteiger partial charge on any atom is -0.377 e. The Bertz CT molecular complexity index is 748. The lowest BCUT2D eigenvalue weighted by atomic mass is 10.2. The molecular formula is C22H40N6O9. The van der Waals surface area contributed by atoms with Gasteiger partial charge in [0.2, 0.25) is 35.4 Å². The summed E-state index contributed by atoms with van der Waals surface area (Å²) in [5.74, 6) is -2.41. The molecule has 0 saturated heterocycles. The molecule has 0 rings (SSSR count). The lowest BCUT2D eigenvalue weighted by Crippen LogP contribution is -2.36. The van der Waals surface area contributed by atoms with Gasteiger partial charge in [-0.1, -0.05) is 0 Å². The zero-order valence-electron chi connectivity index (χ0n) is 21.3. The van der Waals surface area contributed by atoms with Crippen LogP contribution < -0.4 is 21.3 Å². The molecule has 6 amide bonds. The van der Waals surface area contributed by atoms with Crippen molar-refractivity contribution in [1.82, 2.24) is 31.2 Å². The second-order valence-electron chi connectivity index (χ2n) is 8.07. The molecule has 0 aromatic carbocycles. The van der Waals surface area contributed by atoms with Crippen molar-refractivity contribution < 1.29 is 44.2 Å². The molecule has 0 aliphatic heterocycles. The first-order valence-corrected chi connectivity index (χ1v) is 12.1. The van der Waals surface area contributed by atoms with Gasteiger partial charge >= 0.3 is 0 Å². The zero-order chi connectivity index (χ0) is 28.1. The average Bonchev–Trinajstić information content (AvgIpc) is 2.85. The number of nitrogens with one attached hydrogen (secondary N) is 4. The van der Waals surface area contributed by atoms with E-state index in [4.69, 9.17) is 15.4 Å². The van der Waals surface area contributed by atoms with Gasteiger partial charge in [0.05, 0.1) is 0 Å². The van der Waals surface area contributed by atoms with Gasteiger partial charge in [0, 0.05) is 71.8 Å². The minimum atomic E-state index is -0.596. The number of unbranched alkanes of at least 4 members (excludes halogenated alkanes) is 1. The summed E-state index contributed by atoms with van der Waals surface area (Å²) in [6, 6.07) is 0. The van der Waals surface area contributed by atoms with Gasteiger partial charge in [0.1, 0.15) is 13.5 Å². The maximum atomic E-state index is 12.6. The Balaban J connectivity index is 4.46. The first-order chi connectivity index (χ1) is 17.6. The molecule has 0 aromatic rings. The summed E-state index contributed by atoms with van der Waals surface area (Å²) in [5.41, 5.74) is 0. The number of hydrogen-bond donors (Lipinski definition) is 7. The van der Waals surface area contributed by atoms with Crippen LogP contribution in [-0.2, 0) is 28.8 Å². The third kappa shape index (κ3) is 18.6. The van der Waals surface area contributed by atoms with Gasteiger partial charge in [0.25, 0.3) is 0 Å². The van der Waals surface area contributed by atoms with Crippen LogP contribution in [0.4, 0.5) is 0 Å². The second kappa shape index (κ2) is 20.8. The summed E-state index contributed by atoms with van der Waals surface area (Å²) < 4.78 is 0. The molecule has 0 aliphatic rings. The third-order valence-corrected chi connectivity index (χ3v) is 5.08. The normalized spacial score (nSPS) is 10.3. The number of amides is 6. The van der Waals surface area contributed by atoms with E-state index in [0.717, 1.165) is 0 Å². The van der Waals surface area contributed by atoms with E-state index in [-0.39, 0.29) is 62.8 Å². The number of hydrogen-bond acceptors (Lipinski definition) is 9. The standard InChI is InChI=1S/C22H40N6O9/c1-27(37)21(35)9-10-22(36)28(14-4-12-24-18(32)6-8-20(34)26-16-30)13-3-2-11-23-17(31)5-7-19(33)25-15-29/h29-30,37H,2-16H2,1H3,(H,23,31)(H,24,32)(H,25,33)(H,26,34). The van der Waals surface area contributed by atoms with Gasteiger partial charge in [-0.3, -0.25) is 34.0 Å². The Kier molecular flexibility index (Phi) is 19.0. The number of aliphatic hydroxyl groups is 2. The van der Waals surface area contributed by atoms with Gasteiger partial charge in [-0.2, -0.15) is 0 Å². The molecule has 15 nitrogen and oxygen atoms in total. The lowest BCUT2D eigenvalue weighted by Gasteiger charge is -2.23. The molecule has 212 valence electrons. The van der Waals surface area contributed by atoms with Crippen molar-refractivity contribution in [2.75, 3.05) is 46.7 Å². The summed E-state index contributed by atoms with van der Waals surface area (Å²) in [6.45, 7) is 0.280. The van der Waals surface area contributed by atoms with Crippen molar-refractivity contribution in [3.63, 3.8) is 0 Å². The van der Waals surface area contributed by atoms with E-state index in [1.807, 2.05) is 0 Å². The fourth-order valence-electron chi connectivity index (χ4n) is 3.03. The molecule has 7 N–H and O–H groups in total. The maximum Gasteiger partial charge on any atom is 0.246 e. The predicted octanol–water partition coefficient (Wildman–Crippen LogP) is -2.46. The van der Waals surface area contributed by atoms with Gasteiger partial charge in [0.15, 0.2) is 0 Å². The Hall–Kier alpha value is -3.30. The van der Waals surface area contributed by atoms with Crippen LogP contribution in [-0.4, -0.2) is 108 Å². The number of hydroxylamine groups is 2. The van der Waals surface area contributed by atoms with Gasteiger partial charge in [-0.05, 0) is 19.3 Å². The van der Waals surface area contributed by atoms with Crippen molar-refractivity contribution in [3.8, 4) is 0 Å². The molecule has 0 radical (unpaired) electrons. The van der Waals surface area contributed by atoms with E-state index in [1.54, 1.807) is 4.90 Å². The first-order valence-electron chi connectivity index (χ1n) is 12.1. The van der Waals surface area contributed by atoms with Crippen molar-refractivity contribution in [2.45, 2.75) is 57.8 Å². The summed E-state index contributed by atoms with van der Waals surface area (Å²) in [7, 11) is 1.17. The molecule has 0 spiro atoms. The SMILES string of the molecule is CN(O)C(=O)CCC(=O)N(CCCCNC(=O)CCC(=O)NCO)CCCNC(=O)CCC(=O)NCO. The van der Waals surface area contributed by atoms with Gasteiger partial charge < -0.3 is 36.4 Å². The van der Waals surface area contributed by atoms with Crippen LogP contribution in [0, 0.1) is 0 Å². The van der Waals surface area contributed by atoms with E-state index in [2.05, 4.69) is 21.3 Å². The van der Waals surface area contributed by atoms with Crippen molar-refractivity contribution in [3.05, 3.63) is 0 Å².